The molecule has 1 aromatic rings. The zero-order valence-electron chi connectivity index (χ0n) is 11.9. The third-order valence-electron chi connectivity index (χ3n) is 3.50. The number of ether oxygens (including phenoxy) is 1. The molecule has 3 N–H and O–H groups in total. The maximum absolute atomic E-state index is 5.71. The van der Waals surface area contributed by atoms with E-state index in [1.54, 1.807) is 0 Å². The molecule has 1 aliphatic heterocycles. The van der Waals surface area contributed by atoms with Gasteiger partial charge in [-0.15, -0.1) is 0 Å². The maximum atomic E-state index is 5.71. The van der Waals surface area contributed by atoms with Gasteiger partial charge in [-0.1, -0.05) is 0 Å². The summed E-state index contributed by atoms with van der Waals surface area (Å²) in [5.41, 5.74) is 3.62. The fourth-order valence-electron chi connectivity index (χ4n) is 2.46. The predicted octanol–water partition coefficient (Wildman–Crippen LogP) is 1.38. The van der Waals surface area contributed by atoms with E-state index in [1.807, 2.05) is 13.8 Å². The van der Waals surface area contributed by atoms with E-state index in [0.29, 0.717) is 11.9 Å². The first-order valence-corrected chi connectivity index (χ1v) is 6.84. The molecule has 6 nitrogen and oxygen atoms in total. The highest BCUT2D eigenvalue weighted by Crippen LogP contribution is 2.24. The second kappa shape index (κ2) is 6.16. The van der Waals surface area contributed by atoms with Crippen molar-refractivity contribution < 1.29 is 4.74 Å². The Bertz CT molecular complexity index is 431. The van der Waals surface area contributed by atoms with Gasteiger partial charge < -0.3 is 15.1 Å². The molecule has 0 aromatic carbocycles. The summed E-state index contributed by atoms with van der Waals surface area (Å²) in [6.45, 7) is 8.63. The normalized spacial score (nSPS) is 18.6. The van der Waals surface area contributed by atoms with Gasteiger partial charge in [-0.05, 0) is 33.6 Å². The highest BCUT2D eigenvalue weighted by atomic mass is 16.5. The third kappa shape index (κ3) is 3.13. The van der Waals surface area contributed by atoms with Gasteiger partial charge in [-0.2, -0.15) is 0 Å². The van der Waals surface area contributed by atoms with Crippen LogP contribution in [0.1, 0.15) is 31.2 Å². The molecule has 1 fully saturated rings. The molecular formula is C13H23N5O. The van der Waals surface area contributed by atoms with Crippen LogP contribution in [-0.2, 0) is 4.74 Å². The van der Waals surface area contributed by atoms with E-state index in [-0.39, 0.29) is 0 Å². The summed E-state index contributed by atoms with van der Waals surface area (Å²) in [6, 6.07) is 0. The van der Waals surface area contributed by atoms with Crippen LogP contribution in [0.5, 0.6) is 0 Å². The molecule has 2 rings (SSSR count). The molecule has 106 valence electrons. The standard InChI is InChI=1S/C13H23N5O/c1-4-18(8-11-6-5-7-19-11)13-9(2)12(17-14)15-10(3)16-13/h11H,4-8,14H2,1-3H3,(H,15,16,17). The van der Waals surface area contributed by atoms with Crippen LogP contribution in [0.3, 0.4) is 0 Å². The molecule has 0 bridgehead atoms. The van der Waals surface area contributed by atoms with E-state index in [4.69, 9.17) is 10.6 Å². The average Bonchev–Trinajstić information content (AvgIpc) is 2.91. The second-order valence-electron chi connectivity index (χ2n) is 4.89. The molecule has 0 amide bonds. The molecule has 6 heteroatoms. The van der Waals surface area contributed by atoms with Gasteiger partial charge in [0.15, 0.2) is 0 Å². The summed E-state index contributed by atoms with van der Waals surface area (Å²) in [7, 11) is 0. The van der Waals surface area contributed by atoms with Crippen LogP contribution >= 0.6 is 0 Å². The molecule has 0 saturated carbocycles. The minimum Gasteiger partial charge on any atom is -0.376 e. The minimum absolute atomic E-state index is 0.309. The molecule has 1 unspecified atom stereocenters. The van der Waals surface area contributed by atoms with Crippen LogP contribution in [0.4, 0.5) is 11.6 Å². The molecule has 1 atom stereocenters. The highest BCUT2D eigenvalue weighted by molar-refractivity contribution is 5.58. The van der Waals surface area contributed by atoms with Crippen LogP contribution in [0.25, 0.3) is 0 Å². The monoisotopic (exact) mass is 265 g/mol. The molecule has 1 aromatic heterocycles. The topological polar surface area (TPSA) is 76.3 Å². The molecule has 0 radical (unpaired) electrons. The van der Waals surface area contributed by atoms with Crippen LogP contribution < -0.4 is 16.2 Å². The summed E-state index contributed by atoms with van der Waals surface area (Å²) >= 11 is 0. The summed E-state index contributed by atoms with van der Waals surface area (Å²) in [5.74, 6) is 7.86. The van der Waals surface area contributed by atoms with Crippen molar-refractivity contribution in [3.63, 3.8) is 0 Å². The Morgan fingerprint density at radius 3 is 2.79 bits per heavy atom. The first-order chi connectivity index (χ1) is 9.15. The minimum atomic E-state index is 0.309. The Kier molecular flexibility index (Phi) is 4.55. The molecule has 0 aliphatic carbocycles. The number of likely N-dealkylation sites (N-methyl/N-ethyl adjacent to an activating group) is 1. The quantitative estimate of drug-likeness (QED) is 0.619. The number of hydrazine groups is 1. The number of hydrogen-bond acceptors (Lipinski definition) is 6. The van der Waals surface area contributed by atoms with Crippen LogP contribution in [0.15, 0.2) is 0 Å². The van der Waals surface area contributed by atoms with Gasteiger partial charge in [-0.25, -0.2) is 15.8 Å². The van der Waals surface area contributed by atoms with Gasteiger partial charge >= 0.3 is 0 Å². The Morgan fingerprint density at radius 1 is 1.42 bits per heavy atom. The lowest BCUT2D eigenvalue weighted by Gasteiger charge is -2.27. The third-order valence-corrected chi connectivity index (χ3v) is 3.50. The van der Waals surface area contributed by atoms with Gasteiger partial charge in [-0.3, -0.25) is 0 Å². The van der Waals surface area contributed by atoms with Crippen molar-refractivity contribution in [1.82, 2.24) is 9.97 Å². The van der Waals surface area contributed by atoms with Gasteiger partial charge in [0.1, 0.15) is 17.5 Å². The van der Waals surface area contributed by atoms with Crippen LogP contribution in [0.2, 0.25) is 0 Å². The zero-order chi connectivity index (χ0) is 13.8. The largest absolute Gasteiger partial charge is 0.376 e. The number of aryl methyl sites for hydroxylation is 1. The Morgan fingerprint density at radius 2 is 2.21 bits per heavy atom. The van der Waals surface area contributed by atoms with Crippen molar-refractivity contribution in [3.8, 4) is 0 Å². The number of anilines is 2. The molecule has 1 aliphatic rings. The lowest BCUT2D eigenvalue weighted by Crippen LogP contribution is -2.33. The van der Waals surface area contributed by atoms with Crippen molar-refractivity contribution in [2.24, 2.45) is 5.84 Å². The van der Waals surface area contributed by atoms with E-state index in [9.17, 15) is 0 Å². The van der Waals surface area contributed by atoms with Crippen LogP contribution in [0, 0.1) is 13.8 Å². The number of rotatable bonds is 5. The summed E-state index contributed by atoms with van der Waals surface area (Å²) in [5, 5.41) is 0. The van der Waals surface area contributed by atoms with Crippen molar-refractivity contribution in [2.75, 3.05) is 30.0 Å². The maximum Gasteiger partial charge on any atom is 0.148 e. The van der Waals surface area contributed by atoms with Crippen LogP contribution in [-0.4, -0.2) is 35.8 Å². The van der Waals surface area contributed by atoms with E-state index in [0.717, 1.165) is 49.7 Å². The first kappa shape index (κ1) is 14.0. The smallest absolute Gasteiger partial charge is 0.148 e. The summed E-state index contributed by atoms with van der Waals surface area (Å²) in [6.07, 6.45) is 2.59. The summed E-state index contributed by atoms with van der Waals surface area (Å²) < 4.78 is 5.71. The van der Waals surface area contributed by atoms with Crippen molar-refractivity contribution in [3.05, 3.63) is 11.4 Å². The Hall–Kier alpha value is -1.40. The molecule has 0 spiro atoms. The lowest BCUT2D eigenvalue weighted by atomic mass is 10.2. The van der Waals surface area contributed by atoms with E-state index in [2.05, 4.69) is 27.2 Å². The predicted molar refractivity (Wildman–Crippen MR) is 76.2 cm³/mol. The Labute approximate surface area is 114 Å². The number of hydrogen-bond donors (Lipinski definition) is 2. The number of aromatic nitrogens is 2. The van der Waals surface area contributed by atoms with Gasteiger partial charge in [0, 0.05) is 25.3 Å². The SMILES string of the molecule is CCN(CC1CCCO1)c1nc(C)nc(NN)c1C. The Balaban J connectivity index is 2.23. The highest BCUT2D eigenvalue weighted by Gasteiger charge is 2.21. The first-order valence-electron chi connectivity index (χ1n) is 6.84. The average molecular weight is 265 g/mol. The lowest BCUT2D eigenvalue weighted by molar-refractivity contribution is 0.115. The number of nitrogens with two attached hydrogens (primary N) is 1. The number of nitrogens with zero attached hydrogens (tertiary/aromatic N) is 3. The fourth-order valence-corrected chi connectivity index (χ4v) is 2.46. The van der Waals surface area contributed by atoms with E-state index >= 15 is 0 Å². The molecule has 2 heterocycles. The zero-order valence-corrected chi connectivity index (χ0v) is 11.9. The molecular weight excluding hydrogens is 242 g/mol. The van der Waals surface area contributed by atoms with Crippen molar-refractivity contribution in [2.45, 2.75) is 39.7 Å². The van der Waals surface area contributed by atoms with Crippen molar-refractivity contribution >= 4 is 11.6 Å². The number of nitrogen functional groups attached to an aromatic ring is 1. The van der Waals surface area contributed by atoms with Gasteiger partial charge in [0.25, 0.3) is 0 Å². The second-order valence-corrected chi connectivity index (χ2v) is 4.89. The van der Waals surface area contributed by atoms with E-state index in [1.165, 1.54) is 0 Å². The summed E-state index contributed by atoms with van der Waals surface area (Å²) in [4.78, 5) is 11.1. The molecule has 19 heavy (non-hydrogen) atoms. The molecule has 1 saturated heterocycles. The van der Waals surface area contributed by atoms with Gasteiger partial charge in [0.05, 0.1) is 6.10 Å². The van der Waals surface area contributed by atoms with Gasteiger partial charge in [0.2, 0.25) is 0 Å². The van der Waals surface area contributed by atoms with Crippen molar-refractivity contribution in [1.29, 1.82) is 0 Å². The number of nitrogens with one attached hydrogen (secondary N) is 1. The van der Waals surface area contributed by atoms with E-state index < -0.39 is 0 Å². The fraction of sp³-hybridized carbons (Fsp3) is 0.692.